The Morgan fingerprint density at radius 1 is 1.33 bits per heavy atom. The zero-order valence-corrected chi connectivity index (χ0v) is 10.3. The van der Waals surface area contributed by atoms with Crippen LogP contribution in [0, 0.1) is 0 Å². The summed E-state index contributed by atoms with van der Waals surface area (Å²) in [6.45, 7) is 0. The standard InChI is InChI=1S/C14H15NO3/c1-17-13(16)14(8-4-5-9-14)12-10-6-2-3-7-11(10)18-15-12/h2-3,6-7H,4-5,8-9H2,1H3. The van der Waals surface area contributed by atoms with E-state index in [0.717, 1.165) is 42.3 Å². The van der Waals surface area contributed by atoms with E-state index in [0.29, 0.717) is 0 Å². The van der Waals surface area contributed by atoms with Crippen LogP contribution >= 0.6 is 0 Å². The number of esters is 1. The molecule has 2 aromatic rings. The van der Waals surface area contributed by atoms with Gasteiger partial charge in [0.25, 0.3) is 0 Å². The Morgan fingerprint density at radius 3 is 2.78 bits per heavy atom. The number of hydrogen-bond acceptors (Lipinski definition) is 4. The first-order valence-corrected chi connectivity index (χ1v) is 6.21. The lowest BCUT2D eigenvalue weighted by atomic mass is 9.81. The summed E-state index contributed by atoms with van der Waals surface area (Å²) in [6.07, 6.45) is 3.62. The molecule has 0 saturated heterocycles. The van der Waals surface area contributed by atoms with Gasteiger partial charge in [0.1, 0.15) is 11.1 Å². The topological polar surface area (TPSA) is 52.3 Å². The second kappa shape index (κ2) is 4.12. The van der Waals surface area contributed by atoms with Crippen molar-refractivity contribution >= 4 is 16.9 Å². The largest absolute Gasteiger partial charge is 0.468 e. The van der Waals surface area contributed by atoms with Gasteiger partial charge in [0.2, 0.25) is 0 Å². The molecule has 0 amide bonds. The molecule has 18 heavy (non-hydrogen) atoms. The Bertz CT molecular complexity index is 581. The average molecular weight is 245 g/mol. The van der Waals surface area contributed by atoms with Crippen molar-refractivity contribution in [2.24, 2.45) is 0 Å². The highest BCUT2D eigenvalue weighted by atomic mass is 16.5. The van der Waals surface area contributed by atoms with E-state index in [4.69, 9.17) is 9.26 Å². The molecule has 0 radical (unpaired) electrons. The van der Waals surface area contributed by atoms with Gasteiger partial charge in [-0.05, 0) is 25.0 Å². The average Bonchev–Trinajstić information content (AvgIpc) is 3.04. The monoisotopic (exact) mass is 245 g/mol. The zero-order chi connectivity index (χ0) is 12.6. The smallest absolute Gasteiger partial charge is 0.318 e. The van der Waals surface area contributed by atoms with Crippen molar-refractivity contribution in [3.8, 4) is 0 Å². The van der Waals surface area contributed by atoms with E-state index in [1.54, 1.807) is 0 Å². The molecule has 94 valence electrons. The number of rotatable bonds is 2. The molecule has 1 aliphatic carbocycles. The van der Waals surface area contributed by atoms with Crippen molar-refractivity contribution in [2.75, 3.05) is 7.11 Å². The molecular weight excluding hydrogens is 230 g/mol. The number of nitrogens with zero attached hydrogens (tertiary/aromatic N) is 1. The van der Waals surface area contributed by atoms with Gasteiger partial charge in [0.05, 0.1) is 7.11 Å². The lowest BCUT2D eigenvalue weighted by Gasteiger charge is -2.23. The van der Waals surface area contributed by atoms with Gasteiger partial charge in [-0.2, -0.15) is 0 Å². The molecule has 1 aliphatic rings. The van der Waals surface area contributed by atoms with Gasteiger partial charge >= 0.3 is 5.97 Å². The Kier molecular flexibility index (Phi) is 2.58. The fraction of sp³-hybridized carbons (Fsp3) is 0.429. The highest BCUT2D eigenvalue weighted by Gasteiger charge is 2.47. The van der Waals surface area contributed by atoms with Crippen LogP contribution in [-0.2, 0) is 14.9 Å². The molecule has 1 fully saturated rings. The van der Waals surface area contributed by atoms with E-state index in [2.05, 4.69) is 5.16 Å². The molecule has 4 nitrogen and oxygen atoms in total. The van der Waals surface area contributed by atoms with Crippen LogP contribution in [0.25, 0.3) is 11.0 Å². The normalized spacial score (nSPS) is 18.1. The zero-order valence-electron chi connectivity index (χ0n) is 10.3. The molecule has 0 aliphatic heterocycles. The van der Waals surface area contributed by atoms with Gasteiger partial charge in [-0.25, -0.2) is 0 Å². The number of ether oxygens (including phenoxy) is 1. The minimum Gasteiger partial charge on any atom is -0.468 e. The summed E-state index contributed by atoms with van der Waals surface area (Å²) >= 11 is 0. The minimum absolute atomic E-state index is 0.195. The number of para-hydroxylation sites is 1. The van der Waals surface area contributed by atoms with Gasteiger partial charge in [-0.1, -0.05) is 30.1 Å². The summed E-state index contributed by atoms with van der Waals surface area (Å²) < 4.78 is 10.3. The summed E-state index contributed by atoms with van der Waals surface area (Å²) in [4.78, 5) is 12.2. The molecule has 1 aromatic heterocycles. The van der Waals surface area contributed by atoms with Gasteiger partial charge in [-0.3, -0.25) is 4.79 Å². The number of carbonyl (C=O) groups excluding carboxylic acids is 1. The molecule has 4 heteroatoms. The van der Waals surface area contributed by atoms with Crippen LogP contribution in [0.5, 0.6) is 0 Å². The van der Waals surface area contributed by atoms with Crippen molar-refractivity contribution < 1.29 is 14.1 Å². The van der Waals surface area contributed by atoms with Gasteiger partial charge < -0.3 is 9.26 Å². The molecule has 0 unspecified atom stereocenters. The predicted octanol–water partition coefficient (Wildman–Crippen LogP) is 2.81. The first kappa shape index (κ1) is 11.3. The second-order valence-corrected chi connectivity index (χ2v) is 4.81. The quantitative estimate of drug-likeness (QED) is 0.763. The lowest BCUT2D eigenvalue weighted by Crippen LogP contribution is -2.34. The third-order valence-electron chi connectivity index (χ3n) is 3.86. The fourth-order valence-electron chi connectivity index (χ4n) is 2.94. The molecule has 3 rings (SSSR count). The van der Waals surface area contributed by atoms with E-state index < -0.39 is 5.41 Å². The maximum atomic E-state index is 12.2. The number of carbonyl (C=O) groups is 1. The second-order valence-electron chi connectivity index (χ2n) is 4.81. The maximum Gasteiger partial charge on any atom is 0.318 e. The SMILES string of the molecule is COC(=O)C1(c2noc3ccccc23)CCCC1. The molecule has 1 heterocycles. The van der Waals surface area contributed by atoms with E-state index in [-0.39, 0.29) is 5.97 Å². The van der Waals surface area contributed by atoms with Crippen molar-refractivity contribution in [3.63, 3.8) is 0 Å². The predicted molar refractivity (Wildman–Crippen MR) is 66.2 cm³/mol. The van der Waals surface area contributed by atoms with Crippen LogP contribution < -0.4 is 0 Å². The third-order valence-corrected chi connectivity index (χ3v) is 3.86. The van der Waals surface area contributed by atoms with Crippen LogP contribution in [-0.4, -0.2) is 18.2 Å². The van der Waals surface area contributed by atoms with E-state index in [9.17, 15) is 4.79 Å². The van der Waals surface area contributed by atoms with Gasteiger partial charge in [0, 0.05) is 5.39 Å². The van der Waals surface area contributed by atoms with E-state index in [1.807, 2.05) is 24.3 Å². The van der Waals surface area contributed by atoms with Crippen LogP contribution in [0.1, 0.15) is 31.4 Å². The molecule has 1 aromatic carbocycles. The Labute approximate surface area is 105 Å². The first-order chi connectivity index (χ1) is 8.78. The first-order valence-electron chi connectivity index (χ1n) is 6.21. The highest BCUT2D eigenvalue weighted by Crippen LogP contribution is 2.44. The summed E-state index contributed by atoms with van der Waals surface area (Å²) in [6, 6.07) is 7.65. The number of fused-ring (bicyclic) bond motifs is 1. The number of benzene rings is 1. The van der Waals surface area contributed by atoms with Crippen LogP contribution in [0.3, 0.4) is 0 Å². The minimum atomic E-state index is -0.610. The Balaban J connectivity index is 2.19. The summed E-state index contributed by atoms with van der Waals surface area (Å²) in [5, 5.41) is 5.06. The van der Waals surface area contributed by atoms with Crippen molar-refractivity contribution in [1.82, 2.24) is 5.16 Å². The summed E-state index contributed by atoms with van der Waals surface area (Å²) in [5.41, 5.74) is 0.853. The number of methoxy groups -OCH3 is 1. The number of hydrogen-bond donors (Lipinski definition) is 0. The molecule has 0 N–H and O–H groups in total. The highest BCUT2D eigenvalue weighted by molar-refractivity contribution is 5.90. The van der Waals surface area contributed by atoms with Crippen LogP contribution in [0.15, 0.2) is 28.8 Å². The van der Waals surface area contributed by atoms with Gasteiger partial charge in [-0.15, -0.1) is 0 Å². The fourth-order valence-corrected chi connectivity index (χ4v) is 2.94. The molecule has 0 spiro atoms. The Morgan fingerprint density at radius 2 is 2.06 bits per heavy atom. The third kappa shape index (κ3) is 1.45. The van der Waals surface area contributed by atoms with E-state index in [1.165, 1.54) is 7.11 Å². The maximum absolute atomic E-state index is 12.2. The van der Waals surface area contributed by atoms with Crippen LogP contribution in [0.4, 0.5) is 0 Å². The van der Waals surface area contributed by atoms with Crippen LogP contribution in [0.2, 0.25) is 0 Å². The molecule has 1 saturated carbocycles. The molecular formula is C14H15NO3. The lowest BCUT2D eigenvalue weighted by molar-refractivity contribution is -0.147. The Hall–Kier alpha value is -1.84. The number of aromatic nitrogens is 1. The van der Waals surface area contributed by atoms with Crippen molar-refractivity contribution in [1.29, 1.82) is 0 Å². The van der Waals surface area contributed by atoms with Crippen molar-refractivity contribution in [2.45, 2.75) is 31.1 Å². The summed E-state index contributed by atoms with van der Waals surface area (Å²) in [7, 11) is 1.44. The molecule has 0 atom stereocenters. The van der Waals surface area contributed by atoms with E-state index >= 15 is 0 Å². The van der Waals surface area contributed by atoms with Crippen molar-refractivity contribution in [3.05, 3.63) is 30.0 Å². The van der Waals surface area contributed by atoms with Gasteiger partial charge in [0.15, 0.2) is 5.58 Å². The summed E-state index contributed by atoms with van der Waals surface area (Å²) in [5.74, 6) is -0.195. The molecule has 0 bridgehead atoms.